The van der Waals surface area contributed by atoms with E-state index in [0.717, 1.165) is 6.54 Å². The van der Waals surface area contributed by atoms with E-state index in [1.807, 2.05) is 6.07 Å². The highest BCUT2D eigenvalue weighted by Crippen LogP contribution is 2.25. The number of hydrogen-bond donors (Lipinski definition) is 1. The molecule has 0 spiro atoms. The molecule has 0 aliphatic rings. The Balaban J connectivity index is 2.78. The first kappa shape index (κ1) is 13.2. The summed E-state index contributed by atoms with van der Waals surface area (Å²) in [5.41, 5.74) is 5.86. The zero-order valence-corrected chi connectivity index (χ0v) is 10.7. The average molecular weight is 237 g/mol. The van der Waals surface area contributed by atoms with Crippen molar-refractivity contribution in [3.05, 3.63) is 22.4 Å². The molecule has 0 aliphatic heterocycles. The minimum atomic E-state index is 0.244. The lowest BCUT2D eigenvalue weighted by Gasteiger charge is -2.33. The van der Waals surface area contributed by atoms with Gasteiger partial charge in [-0.2, -0.15) is 5.26 Å². The van der Waals surface area contributed by atoms with Gasteiger partial charge in [-0.25, -0.2) is 0 Å². The first-order valence-electron chi connectivity index (χ1n) is 5.56. The van der Waals surface area contributed by atoms with Crippen LogP contribution in [0.4, 0.5) is 0 Å². The minimum absolute atomic E-state index is 0.244. The van der Waals surface area contributed by atoms with Gasteiger partial charge in [-0.05, 0) is 25.3 Å². The number of nitrogens with zero attached hydrogens (tertiary/aromatic N) is 2. The Bertz CT molecular complexity index is 327. The standard InChI is InChI=1S/C12H19N3S/c1-10(2)15(7-4-6-13)11(9-14)12-5-3-8-16-12/h3,5,8,10-11H,4,7,9,14H2,1-2H3. The average Bonchev–Trinajstić information content (AvgIpc) is 2.76. The van der Waals surface area contributed by atoms with E-state index in [9.17, 15) is 0 Å². The smallest absolute Gasteiger partial charge is 0.0635 e. The van der Waals surface area contributed by atoms with Crippen LogP contribution in [-0.2, 0) is 0 Å². The molecule has 0 radical (unpaired) electrons. The molecule has 0 amide bonds. The maximum Gasteiger partial charge on any atom is 0.0635 e. The molecule has 0 fully saturated rings. The van der Waals surface area contributed by atoms with Gasteiger partial charge in [-0.15, -0.1) is 11.3 Å². The summed E-state index contributed by atoms with van der Waals surface area (Å²) in [4.78, 5) is 3.59. The van der Waals surface area contributed by atoms with E-state index in [2.05, 4.69) is 36.3 Å². The molecule has 0 aromatic carbocycles. The normalized spacial score (nSPS) is 13.0. The Kier molecular flexibility index (Phi) is 5.47. The number of rotatable bonds is 6. The Morgan fingerprint density at radius 2 is 2.31 bits per heavy atom. The van der Waals surface area contributed by atoms with E-state index >= 15 is 0 Å². The van der Waals surface area contributed by atoms with Gasteiger partial charge in [0.05, 0.1) is 12.1 Å². The molecule has 1 unspecified atom stereocenters. The SMILES string of the molecule is CC(C)N(CCC#N)C(CN)c1cccs1. The monoisotopic (exact) mass is 237 g/mol. The summed E-state index contributed by atoms with van der Waals surface area (Å²) in [6.45, 7) is 5.68. The minimum Gasteiger partial charge on any atom is -0.329 e. The summed E-state index contributed by atoms with van der Waals surface area (Å²) < 4.78 is 0. The van der Waals surface area contributed by atoms with Gasteiger partial charge in [0.1, 0.15) is 0 Å². The fourth-order valence-electron chi connectivity index (χ4n) is 1.85. The van der Waals surface area contributed by atoms with E-state index in [0.29, 0.717) is 19.0 Å². The maximum atomic E-state index is 8.68. The highest BCUT2D eigenvalue weighted by molar-refractivity contribution is 7.10. The third-order valence-corrected chi connectivity index (χ3v) is 3.61. The Labute approximate surface area is 101 Å². The van der Waals surface area contributed by atoms with Crippen LogP contribution in [0.25, 0.3) is 0 Å². The van der Waals surface area contributed by atoms with Crippen LogP contribution in [0.1, 0.15) is 31.2 Å². The van der Waals surface area contributed by atoms with E-state index in [-0.39, 0.29) is 6.04 Å². The van der Waals surface area contributed by atoms with Gasteiger partial charge < -0.3 is 5.73 Å². The van der Waals surface area contributed by atoms with Crippen LogP contribution in [0, 0.1) is 11.3 Å². The van der Waals surface area contributed by atoms with E-state index in [4.69, 9.17) is 11.0 Å². The van der Waals surface area contributed by atoms with Crippen molar-refractivity contribution in [3.63, 3.8) is 0 Å². The molecule has 0 saturated heterocycles. The van der Waals surface area contributed by atoms with E-state index in [1.54, 1.807) is 11.3 Å². The first-order valence-corrected chi connectivity index (χ1v) is 6.44. The van der Waals surface area contributed by atoms with Gasteiger partial charge >= 0.3 is 0 Å². The lowest BCUT2D eigenvalue weighted by atomic mass is 10.1. The zero-order chi connectivity index (χ0) is 12.0. The van der Waals surface area contributed by atoms with E-state index in [1.165, 1.54) is 4.88 Å². The van der Waals surface area contributed by atoms with Crippen LogP contribution in [-0.4, -0.2) is 24.0 Å². The van der Waals surface area contributed by atoms with Crippen molar-refractivity contribution in [1.29, 1.82) is 5.26 Å². The highest BCUT2D eigenvalue weighted by Gasteiger charge is 2.21. The van der Waals surface area contributed by atoms with Crippen molar-refractivity contribution in [2.75, 3.05) is 13.1 Å². The molecular weight excluding hydrogens is 218 g/mol. The van der Waals surface area contributed by atoms with Crippen LogP contribution in [0.5, 0.6) is 0 Å². The molecule has 16 heavy (non-hydrogen) atoms. The summed E-state index contributed by atoms with van der Waals surface area (Å²) >= 11 is 1.73. The van der Waals surface area contributed by atoms with Crippen molar-refractivity contribution < 1.29 is 0 Å². The fraction of sp³-hybridized carbons (Fsp3) is 0.583. The second-order valence-electron chi connectivity index (χ2n) is 4.01. The fourth-order valence-corrected chi connectivity index (χ4v) is 2.71. The summed E-state index contributed by atoms with van der Waals surface area (Å²) in [7, 11) is 0. The van der Waals surface area contributed by atoms with Gasteiger partial charge in [0.25, 0.3) is 0 Å². The van der Waals surface area contributed by atoms with Crippen LogP contribution in [0.2, 0.25) is 0 Å². The second-order valence-corrected chi connectivity index (χ2v) is 4.99. The summed E-state index contributed by atoms with van der Waals surface area (Å²) in [5.74, 6) is 0. The van der Waals surface area contributed by atoms with E-state index < -0.39 is 0 Å². The largest absolute Gasteiger partial charge is 0.329 e. The molecule has 2 N–H and O–H groups in total. The molecule has 0 saturated carbocycles. The van der Waals surface area contributed by atoms with Crippen molar-refractivity contribution in [1.82, 2.24) is 4.90 Å². The quantitative estimate of drug-likeness (QED) is 0.826. The maximum absolute atomic E-state index is 8.68. The molecule has 0 bridgehead atoms. The molecule has 88 valence electrons. The molecule has 1 atom stereocenters. The van der Waals surface area contributed by atoms with Crippen molar-refractivity contribution in [2.45, 2.75) is 32.4 Å². The molecule has 3 nitrogen and oxygen atoms in total. The lowest BCUT2D eigenvalue weighted by Crippen LogP contribution is -2.38. The summed E-state index contributed by atoms with van der Waals surface area (Å²) in [6, 6.07) is 7.01. The summed E-state index contributed by atoms with van der Waals surface area (Å²) in [5, 5.41) is 10.7. The van der Waals surface area contributed by atoms with Crippen molar-refractivity contribution >= 4 is 11.3 Å². The topological polar surface area (TPSA) is 53.0 Å². The summed E-state index contributed by atoms with van der Waals surface area (Å²) in [6.07, 6.45) is 0.556. The molecule has 0 aliphatic carbocycles. The van der Waals surface area contributed by atoms with Gasteiger partial charge in [0.2, 0.25) is 0 Å². The first-order chi connectivity index (χ1) is 7.70. The number of nitrogens with two attached hydrogens (primary N) is 1. The van der Waals surface area contributed by atoms with Gasteiger partial charge in [-0.1, -0.05) is 6.07 Å². The molecule has 4 heteroatoms. The molecule has 1 aromatic heterocycles. The Hall–Kier alpha value is -0.890. The predicted molar refractivity (Wildman–Crippen MR) is 68.2 cm³/mol. The Morgan fingerprint density at radius 1 is 1.56 bits per heavy atom. The van der Waals surface area contributed by atoms with Crippen molar-refractivity contribution in [3.8, 4) is 6.07 Å². The zero-order valence-electron chi connectivity index (χ0n) is 9.89. The van der Waals surface area contributed by atoms with Crippen LogP contribution in [0.15, 0.2) is 17.5 Å². The predicted octanol–water partition coefficient (Wildman–Crippen LogP) is 2.37. The van der Waals surface area contributed by atoms with Gasteiger partial charge in [0.15, 0.2) is 0 Å². The highest BCUT2D eigenvalue weighted by atomic mass is 32.1. The number of nitriles is 1. The molecule has 1 heterocycles. The molecular formula is C12H19N3S. The lowest BCUT2D eigenvalue weighted by molar-refractivity contribution is 0.163. The second kappa shape index (κ2) is 6.64. The van der Waals surface area contributed by atoms with Gasteiger partial charge in [0, 0.05) is 30.4 Å². The van der Waals surface area contributed by atoms with Gasteiger partial charge in [-0.3, -0.25) is 4.90 Å². The number of hydrogen-bond acceptors (Lipinski definition) is 4. The van der Waals surface area contributed by atoms with Crippen LogP contribution in [0.3, 0.4) is 0 Å². The molecule has 1 aromatic rings. The Morgan fingerprint density at radius 3 is 2.75 bits per heavy atom. The van der Waals surface area contributed by atoms with Crippen LogP contribution >= 0.6 is 11.3 Å². The van der Waals surface area contributed by atoms with Crippen molar-refractivity contribution in [2.24, 2.45) is 5.73 Å². The number of thiophene rings is 1. The molecule has 1 rings (SSSR count). The van der Waals surface area contributed by atoms with Crippen LogP contribution < -0.4 is 5.73 Å². The third-order valence-electron chi connectivity index (χ3n) is 2.64. The third kappa shape index (κ3) is 3.31.